The topological polar surface area (TPSA) is 65.7 Å². The molecule has 0 amide bonds. The first kappa shape index (κ1) is 22.1. The predicted molar refractivity (Wildman–Crippen MR) is 116 cm³/mol. The van der Waals surface area contributed by atoms with Crippen molar-refractivity contribution in [2.45, 2.75) is 43.8 Å². The Hall–Kier alpha value is -2.72. The maximum atomic E-state index is 14.8. The summed E-state index contributed by atoms with van der Waals surface area (Å²) in [5, 5.41) is 20.7. The number of aromatic nitrogens is 3. The van der Waals surface area contributed by atoms with E-state index in [2.05, 4.69) is 20.4 Å². The predicted octanol–water partition coefficient (Wildman–Crippen LogP) is 4.30. The minimum Gasteiger partial charge on any atom is -0.395 e. The van der Waals surface area contributed by atoms with Gasteiger partial charge in [0.2, 0.25) is 5.95 Å². The summed E-state index contributed by atoms with van der Waals surface area (Å²) in [5.74, 6) is -0.228. The number of likely N-dealkylation sites (tertiary alicyclic amines) is 1. The number of benzene rings is 1. The molecular weight excluding hydrogens is 438 g/mol. The summed E-state index contributed by atoms with van der Waals surface area (Å²) >= 11 is 0. The number of β-amino-alcohol motifs (C(OH)–C–C–N with tert-alkyl or cyclic N) is 1. The van der Waals surface area contributed by atoms with Crippen molar-refractivity contribution in [1.29, 1.82) is 0 Å². The van der Waals surface area contributed by atoms with Gasteiger partial charge in [-0.3, -0.25) is 9.30 Å². The van der Waals surface area contributed by atoms with E-state index in [1.165, 1.54) is 22.7 Å². The minimum atomic E-state index is -4.60. The van der Waals surface area contributed by atoms with Crippen LogP contribution in [0.4, 0.5) is 23.5 Å². The van der Waals surface area contributed by atoms with Crippen molar-refractivity contribution in [3.63, 3.8) is 0 Å². The van der Waals surface area contributed by atoms with Gasteiger partial charge in [0.25, 0.3) is 0 Å². The third-order valence-corrected chi connectivity index (χ3v) is 6.44. The van der Waals surface area contributed by atoms with Crippen molar-refractivity contribution in [3.8, 4) is 11.3 Å². The van der Waals surface area contributed by atoms with E-state index in [0.717, 1.165) is 38.3 Å². The Bertz CT molecular complexity index is 1160. The molecule has 33 heavy (non-hydrogen) atoms. The number of piperidine rings is 1. The molecule has 0 unspecified atom stereocenters. The maximum absolute atomic E-state index is 14.8. The van der Waals surface area contributed by atoms with Crippen molar-refractivity contribution in [2.24, 2.45) is 0 Å². The van der Waals surface area contributed by atoms with Crippen LogP contribution in [0.5, 0.6) is 0 Å². The van der Waals surface area contributed by atoms with E-state index in [1.54, 1.807) is 6.07 Å². The molecule has 3 aromatic rings. The van der Waals surface area contributed by atoms with Gasteiger partial charge >= 0.3 is 6.18 Å². The quantitative estimate of drug-likeness (QED) is 0.534. The molecule has 0 bridgehead atoms. The molecule has 6 nitrogen and oxygen atoms in total. The van der Waals surface area contributed by atoms with Crippen molar-refractivity contribution >= 4 is 11.5 Å². The highest BCUT2D eigenvalue weighted by atomic mass is 19.4. The second-order valence-electron chi connectivity index (χ2n) is 8.84. The maximum Gasteiger partial charge on any atom is 0.417 e. The Kier molecular flexibility index (Phi) is 5.74. The Labute approximate surface area is 188 Å². The number of rotatable bonds is 6. The summed E-state index contributed by atoms with van der Waals surface area (Å²) in [6.07, 6.45) is 0.394. The largest absolute Gasteiger partial charge is 0.417 e. The average Bonchev–Trinajstić information content (AvgIpc) is 3.56. The third-order valence-electron chi connectivity index (χ3n) is 6.44. The fraction of sp³-hybridized carbons (Fsp3) is 0.478. The molecule has 2 aromatic heterocycles. The Morgan fingerprint density at radius 2 is 1.94 bits per heavy atom. The zero-order chi connectivity index (χ0) is 23.2. The standard InChI is InChI=1S/C23H25F4N5O/c24-19-7-9-32-21(19)20(17-6-5-15(14-3-4-14)12-18(17)23(25,26)27)29-30-22(32)28-16-2-1-8-31(13-16)10-11-33/h5-7,9,12,14,16,33H,1-4,8,10-11,13H2,(H,28,30)/t16-/m1/s1. The summed E-state index contributed by atoms with van der Waals surface area (Å²) in [4.78, 5) is 2.12. The molecule has 1 saturated carbocycles. The van der Waals surface area contributed by atoms with Crippen LogP contribution >= 0.6 is 0 Å². The van der Waals surface area contributed by atoms with Crippen molar-refractivity contribution in [3.05, 3.63) is 47.4 Å². The molecule has 0 spiro atoms. The van der Waals surface area contributed by atoms with E-state index in [1.807, 2.05) is 0 Å². The van der Waals surface area contributed by atoms with Gasteiger partial charge in [-0.15, -0.1) is 10.2 Å². The second kappa shape index (κ2) is 8.57. The van der Waals surface area contributed by atoms with Crippen LogP contribution in [-0.2, 0) is 6.18 Å². The van der Waals surface area contributed by atoms with E-state index in [-0.39, 0.29) is 41.3 Å². The Balaban J connectivity index is 1.53. The average molecular weight is 463 g/mol. The summed E-state index contributed by atoms with van der Waals surface area (Å²) < 4.78 is 58.0. The normalized spacial score (nSPS) is 19.8. The van der Waals surface area contributed by atoms with Gasteiger partial charge in [0, 0.05) is 30.9 Å². The summed E-state index contributed by atoms with van der Waals surface area (Å²) in [5.41, 5.74) is -0.533. The number of halogens is 4. The number of aliphatic hydroxyl groups excluding tert-OH is 1. The van der Waals surface area contributed by atoms with Crippen molar-refractivity contribution in [2.75, 3.05) is 31.6 Å². The molecule has 2 N–H and O–H groups in total. The molecular formula is C23H25F4N5O. The number of alkyl halides is 3. The van der Waals surface area contributed by atoms with Gasteiger partial charge in [0.1, 0.15) is 11.2 Å². The van der Waals surface area contributed by atoms with Gasteiger partial charge in [0.15, 0.2) is 5.82 Å². The number of hydrogen-bond donors (Lipinski definition) is 2. The first-order valence-electron chi connectivity index (χ1n) is 11.2. The van der Waals surface area contributed by atoms with Crippen LogP contribution in [0.25, 0.3) is 16.8 Å². The number of nitrogens with one attached hydrogen (secondary N) is 1. The zero-order valence-corrected chi connectivity index (χ0v) is 17.9. The summed E-state index contributed by atoms with van der Waals surface area (Å²) in [6, 6.07) is 5.43. The first-order chi connectivity index (χ1) is 15.8. The number of anilines is 1. The van der Waals surface area contributed by atoms with Crippen LogP contribution in [-0.4, -0.2) is 56.9 Å². The van der Waals surface area contributed by atoms with Crippen molar-refractivity contribution in [1.82, 2.24) is 19.5 Å². The fourth-order valence-corrected chi connectivity index (χ4v) is 4.66. The molecule has 3 heterocycles. The van der Waals surface area contributed by atoms with Crippen LogP contribution in [0.2, 0.25) is 0 Å². The summed E-state index contributed by atoms with van der Waals surface area (Å²) in [6.45, 7) is 2.19. The lowest BCUT2D eigenvalue weighted by Crippen LogP contribution is -2.43. The second-order valence-corrected chi connectivity index (χ2v) is 8.84. The van der Waals surface area contributed by atoms with E-state index in [9.17, 15) is 22.7 Å². The van der Waals surface area contributed by atoms with Crippen molar-refractivity contribution < 1.29 is 22.7 Å². The first-order valence-corrected chi connectivity index (χ1v) is 11.2. The lowest BCUT2D eigenvalue weighted by atomic mass is 9.98. The highest BCUT2D eigenvalue weighted by molar-refractivity contribution is 5.81. The van der Waals surface area contributed by atoms with Crippen LogP contribution < -0.4 is 5.32 Å². The molecule has 1 aromatic carbocycles. The Morgan fingerprint density at radius 3 is 2.67 bits per heavy atom. The lowest BCUT2D eigenvalue weighted by Gasteiger charge is -2.32. The smallest absolute Gasteiger partial charge is 0.395 e. The zero-order valence-electron chi connectivity index (χ0n) is 17.9. The lowest BCUT2D eigenvalue weighted by molar-refractivity contribution is -0.137. The molecule has 1 aliphatic heterocycles. The number of aliphatic hydroxyl groups is 1. The molecule has 0 radical (unpaired) electrons. The Morgan fingerprint density at radius 1 is 1.12 bits per heavy atom. The van der Waals surface area contributed by atoms with E-state index >= 15 is 0 Å². The minimum absolute atomic E-state index is 0.00247. The molecule has 176 valence electrons. The molecule has 5 rings (SSSR count). The van der Waals surface area contributed by atoms with Gasteiger partial charge < -0.3 is 10.4 Å². The monoisotopic (exact) mass is 463 g/mol. The number of fused-ring (bicyclic) bond motifs is 1. The van der Waals surface area contributed by atoms with E-state index < -0.39 is 17.6 Å². The van der Waals surface area contributed by atoms with Crippen LogP contribution in [0.15, 0.2) is 30.5 Å². The van der Waals surface area contributed by atoms with Gasteiger partial charge in [-0.1, -0.05) is 12.1 Å². The number of hydrogen-bond acceptors (Lipinski definition) is 5. The third kappa shape index (κ3) is 4.41. The molecule has 2 fully saturated rings. The molecule has 1 saturated heterocycles. The highest BCUT2D eigenvalue weighted by Crippen LogP contribution is 2.45. The molecule has 1 aliphatic carbocycles. The van der Waals surface area contributed by atoms with Crippen LogP contribution in [0.1, 0.15) is 42.7 Å². The molecule has 10 heteroatoms. The fourth-order valence-electron chi connectivity index (χ4n) is 4.66. The number of nitrogens with zero attached hydrogens (tertiary/aromatic N) is 4. The van der Waals surface area contributed by atoms with Crippen LogP contribution in [0, 0.1) is 5.82 Å². The van der Waals surface area contributed by atoms with Crippen LogP contribution in [0.3, 0.4) is 0 Å². The van der Waals surface area contributed by atoms with Gasteiger partial charge in [-0.05, 0) is 55.8 Å². The van der Waals surface area contributed by atoms with Gasteiger partial charge in [0.05, 0.1) is 12.2 Å². The van der Waals surface area contributed by atoms with E-state index in [4.69, 9.17) is 0 Å². The highest BCUT2D eigenvalue weighted by Gasteiger charge is 2.37. The SMILES string of the molecule is OCCN1CCC[C@@H](Nc2nnc(-c3ccc(C4CC4)cc3C(F)(F)F)c3c(F)ccn23)C1. The molecule has 2 aliphatic rings. The van der Waals surface area contributed by atoms with Gasteiger partial charge in [-0.25, -0.2) is 4.39 Å². The molecule has 1 atom stereocenters. The van der Waals surface area contributed by atoms with Gasteiger partial charge in [-0.2, -0.15) is 13.2 Å². The summed E-state index contributed by atoms with van der Waals surface area (Å²) in [7, 11) is 0. The van der Waals surface area contributed by atoms with E-state index in [0.29, 0.717) is 18.7 Å².